The molecule has 5 heteroatoms. The topological polar surface area (TPSA) is 69.6 Å². The van der Waals surface area contributed by atoms with Gasteiger partial charge in [0.1, 0.15) is 6.04 Å². The Bertz CT molecular complexity index is 395. The van der Waals surface area contributed by atoms with Crippen LogP contribution in [0.2, 0.25) is 0 Å². The van der Waals surface area contributed by atoms with Crippen LogP contribution in [0.3, 0.4) is 0 Å². The normalized spacial score (nSPS) is 33.5. The summed E-state index contributed by atoms with van der Waals surface area (Å²) in [5, 5.41) is 12.7. The average Bonchev–Trinajstić information content (AvgIpc) is 3.03. The molecule has 2 N–H and O–H groups in total. The Labute approximate surface area is 119 Å². The molecule has 3 unspecified atom stereocenters. The number of nitrogens with one attached hydrogen (secondary N) is 1. The maximum absolute atomic E-state index is 12.3. The van der Waals surface area contributed by atoms with E-state index in [2.05, 4.69) is 5.32 Å². The predicted molar refractivity (Wildman–Crippen MR) is 73.8 cm³/mol. The second kappa shape index (κ2) is 5.72. The van der Waals surface area contributed by atoms with Gasteiger partial charge in [-0.25, -0.2) is 0 Å². The van der Waals surface area contributed by atoms with Crippen molar-refractivity contribution in [1.29, 1.82) is 0 Å². The van der Waals surface area contributed by atoms with Crippen LogP contribution < -0.4 is 5.32 Å². The van der Waals surface area contributed by atoms with Gasteiger partial charge in [-0.05, 0) is 38.5 Å². The van der Waals surface area contributed by atoms with Crippen molar-refractivity contribution in [1.82, 2.24) is 10.2 Å². The minimum atomic E-state index is -0.276. The third-order valence-electron chi connectivity index (χ3n) is 4.92. The number of hydrogen-bond acceptors (Lipinski definition) is 3. The Morgan fingerprint density at radius 1 is 1.10 bits per heavy atom. The second-order valence-corrected chi connectivity index (χ2v) is 6.47. The number of aliphatic hydroxyl groups is 1. The van der Waals surface area contributed by atoms with E-state index in [1.165, 1.54) is 0 Å². The first kappa shape index (κ1) is 13.9. The molecular weight excluding hydrogens is 256 g/mol. The van der Waals surface area contributed by atoms with Crippen LogP contribution in [-0.4, -0.2) is 47.1 Å². The minimum absolute atomic E-state index is 0.0319. The first-order valence-corrected chi connectivity index (χ1v) is 7.93. The maximum Gasteiger partial charge on any atom is 0.242 e. The lowest BCUT2D eigenvalue weighted by Crippen LogP contribution is -2.47. The smallest absolute Gasteiger partial charge is 0.242 e. The van der Waals surface area contributed by atoms with Crippen molar-refractivity contribution in [2.75, 3.05) is 13.1 Å². The van der Waals surface area contributed by atoms with Gasteiger partial charge in [0.05, 0.1) is 6.10 Å². The second-order valence-electron chi connectivity index (χ2n) is 6.47. The number of carbonyl (C=O) groups is 2. The molecule has 0 spiro atoms. The number of likely N-dealkylation sites (tertiary alicyclic amines) is 1. The number of aliphatic hydroxyl groups excluding tert-OH is 1. The number of hydrogen-bond donors (Lipinski definition) is 2. The third kappa shape index (κ3) is 2.82. The lowest BCUT2D eigenvalue weighted by atomic mass is 10.1. The highest BCUT2D eigenvalue weighted by atomic mass is 16.3. The summed E-state index contributed by atoms with van der Waals surface area (Å²) in [5.74, 6) is 0.507. The summed E-state index contributed by atoms with van der Waals surface area (Å²) in [7, 11) is 0. The molecule has 2 saturated carbocycles. The summed E-state index contributed by atoms with van der Waals surface area (Å²) in [6, 6.07) is -0.276. The third-order valence-corrected chi connectivity index (χ3v) is 4.92. The highest BCUT2D eigenvalue weighted by molar-refractivity contribution is 5.89. The Morgan fingerprint density at radius 3 is 2.55 bits per heavy atom. The van der Waals surface area contributed by atoms with Gasteiger partial charge >= 0.3 is 0 Å². The van der Waals surface area contributed by atoms with E-state index in [4.69, 9.17) is 0 Å². The number of rotatable bonds is 4. The van der Waals surface area contributed by atoms with Crippen molar-refractivity contribution in [3.63, 3.8) is 0 Å². The van der Waals surface area contributed by atoms with Crippen molar-refractivity contribution in [2.24, 2.45) is 11.8 Å². The van der Waals surface area contributed by atoms with Crippen LogP contribution in [0, 0.1) is 11.8 Å². The van der Waals surface area contributed by atoms with Gasteiger partial charge in [-0.2, -0.15) is 0 Å². The van der Waals surface area contributed by atoms with E-state index in [0.29, 0.717) is 6.54 Å². The molecular formula is C15H24N2O3. The molecule has 3 rings (SSSR count). The molecule has 112 valence electrons. The zero-order valence-corrected chi connectivity index (χ0v) is 11.9. The molecule has 1 saturated heterocycles. The van der Waals surface area contributed by atoms with Gasteiger partial charge in [-0.15, -0.1) is 0 Å². The van der Waals surface area contributed by atoms with Crippen LogP contribution >= 0.6 is 0 Å². The van der Waals surface area contributed by atoms with E-state index in [0.717, 1.165) is 51.5 Å². The molecule has 2 aliphatic carbocycles. The summed E-state index contributed by atoms with van der Waals surface area (Å²) < 4.78 is 0. The fourth-order valence-corrected chi connectivity index (χ4v) is 3.47. The van der Waals surface area contributed by atoms with Gasteiger partial charge in [0.15, 0.2) is 0 Å². The van der Waals surface area contributed by atoms with Gasteiger partial charge in [0.2, 0.25) is 11.8 Å². The minimum Gasteiger partial charge on any atom is -0.393 e. The zero-order valence-electron chi connectivity index (χ0n) is 11.9. The monoisotopic (exact) mass is 280 g/mol. The first-order chi connectivity index (χ1) is 9.66. The van der Waals surface area contributed by atoms with Gasteiger partial charge in [-0.3, -0.25) is 9.59 Å². The molecule has 0 radical (unpaired) electrons. The molecule has 0 aromatic heterocycles. The number of nitrogens with zero attached hydrogens (tertiary/aromatic N) is 1. The lowest BCUT2D eigenvalue weighted by Gasteiger charge is -2.25. The fourth-order valence-electron chi connectivity index (χ4n) is 3.47. The zero-order chi connectivity index (χ0) is 14.1. The molecule has 3 aliphatic rings. The van der Waals surface area contributed by atoms with Crippen molar-refractivity contribution in [3.05, 3.63) is 0 Å². The van der Waals surface area contributed by atoms with Crippen LogP contribution in [0.5, 0.6) is 0 Å². The van der Waals surface area contributed by atoms with Crippen molar-refractivity contribution in [3.8, 4) is 0 Å². The van der Waals surface area contributed by atoms with E-state index in [1.807, 2.05) is 0 Å². The molecule has 0 bridgehead atoms. The molecule has 3 fully saturated rings. The lowest BCUT2D eigenvalue weighted by molar-refractivity contribution is -0.139. The summed E-state index contributed by atoms with van der Waals surface area (Å²) in [5.41, 5.74) is 0. The van der Waals surface area contributed by atoms with Gasteiger partial charge in [0, 0.05) is 24.9 Å². The van der Waals surface area contributed by atoms with Gasteiger partial charge in [-0.1, -0.05) is 6.42 Å². The van der Waals surface area contributed by atoms with Gasteiger partial charge < -0.3 is 15.3 Å². The summed E-state index contributed by atoms with van der Waals surface area (Å²) >= 11 is 0. The van der Waals surface area contributed by atoms with Crippen molar-refractivity contribution < 1.29 is 14.7 Å². The average molecular weight is 280 g/mol. The van der Waals surface area contributed by atoms with Crippen molar-refractivity contribution in [2.45, 2.75) is 57.1 Å². The first-order valence-electron chi connectivity index (χ1n) is 7.93. The molecule has 2 amide bonds. The highest BCUT2D eigenvalue weighted by Gasteiger charge is 2.41. The molecule has 20 heavy (non-hydrogen) atoms. The van der Waals surface area contributed by atoms with E-state index in [-0.39, 0.29) is 35.8 Å². The Kier molecular flexibility index (Phi) is 3.96. The highest BCUT2D eigenvalue weighted by Crippen LogP contribution is 2.33. The molecule has 5 nitrogen and oxygen atoms in total. The standard InChI is InChI=1S/C15H24N2O3/c18-13-5-1-3-11(13)9-16-14(19)12-4-2-8-17(12)15(20)10-6-7-10/h10-13,18H,1-9H2,(H,16,19). The van der Waals surface area contributed by atoms with E-state index in [1.54, 1.807) is 4.90 Å². The van der Waals surface area contributed by atoms with Crippen molar-refractivity contribution >= 4 is 11.8 Å². The Morgan fingerprint density at radius 2 is 1.90 bits per heavy atom. The summed E-state index contributed by atoms with van der Waals surface area (Å²) in [6.07, 6.45) is 6.25. The summed E-state index contributed by atoms with van der Waals surface area (Å²) in [6.45, 7) is 1.27. The van der Waals surface area contributed by atoms with Crippen LogP contribution in [0.15, 0.2) is 0 Å². The number of carbonyl (C=O) groups excluding carboxylic acids is 2. The van der Waals surface area contributed by atoms with Crippen LogP contribution in [0.1, 0.15) is 44.9 Å². The van der Waals surface area contributed by atoms with E-state index in [9.17, 15) is 14.7 Å². The van der Waals surface area contributed by atoms with E-state index < -0.39 is 0 Å². The quantitative estimate of drug-likeness (QED) is 0.795. The Hall–Kier alpha value is -1.10. The van der Waals surface area contributed by atoms with Crippen LogP contribution in [0.4, 0.5) is 0 Å². The molecule has 1 heterocycles. The fraction of sp³-hybridized carbons (Fsp3) is 0.867. The molecule has 1 aliphatic heterocycles. The molecule has 0 aromatic rings. The molecule has 3 atom stereocenters. The number of amides is 2. The largest absolute Gasteiger partial charge is 0.393 e. The van der Waals surface area contributed by atoms with Crippen LogP contribution in [0.25, 0.3) is 0 Å². The predicted octanol–water partition coefficient (Wildman–Crippen LogP) is 0.665. The SMILES string of the molecule is O=C(NCC1CCCC1O)C1CCCN1C(=O)C1CC1. The summed E-state index contributed by atoms with van der Waals surface area (Å²) in [4.78, 5) is 26.2. The van der Waals surface area contributed by atoms with Crippen LogP contribution in [-0.2, 0) is 9.59 Å². The van der Waals surface area contributed by atoms with Gasteiger partial charge in [0.25, 0.3) is 0 Å². The maximum atomic E-state index is 12.3. The Balaban J connectivity index is 1.51. The van der Waals surface area contributed by atoms with E-state index >= 15 is 0 Å². The molecule has 0 aromatic carbocycles.